The van der Waals surface area contributed by atoms with Gasteiger partial charge in [-0.05, 0) is 53.9 Å². The molecule has 8 heteroatoms. The maximum atomic E-state index is 12.9. The molecule has 0 spiro atoms. The van der Waals surface area contributed by atoms with E-state index in [4.69, 9.17) is 5.73 Å². The van der Waals surface area contributed by atoms with Crippen LogP contribution in [0.1, 0.15) is 19.8 Å². The lowest BCUT2D eigenvalue weighted by Crippen LogP contribution is -2.48. The van der Waals surface area contributed by atoms with Gasteiger partial charge in [-0.2, -0.15) is 4.31 Å². The van der Waals surface area contributed by atoms with Crippen LogP contribution in [0.5, 0.6) is 0 Å². The van der Waals surface area contributed by atoms with Gasteiger partial charge in [0.15, 0.2) is 0 Å². The summed E-state index contributed by atoms with van der Waals surface area (Å²) in [4.78, 5) is 11.6. The van der Waals surface area contributed by atoms with E-state index in [0.717, 1.165) is 0 Å². The fourth-order valence-corrected chi connectivity index (χ4v) is 5.61. The van der Waals surface area contributed by atoms with Crippen molar-refractivity contribution in [2.75, 3.05) is 6.54 Å². The summed E-state index contributed by atoms with van der Waals surface area (Å²) < 4.78 is 28.3. The Morgan fingerprint density at radius 2 is 2.00 bits per heavy atom. The van der Waals surface area contributed by atoms with Crippen LogP contribution >= 0.6 is 31.9 Å². The number of nitrogens with zero attached hydrogens (tertiary/aromatic N) is 1. The molecule has 1 saturated heterocycles. The van der Waals surface area contributed by atoms with E-state index in [1.165, 1.54) is 4.31 Å². The van der Waals surface area contributed by atoms with E-state index in [2.05, 4.69) is 31.9 Å². The fraction of sp³-hybridized carbons (Fsp3) is 0.462. The monoisotopic (exact) mass is 438 g/mol. The summed E-state index contributed by atoms with van der Waals surface area (Å²) in [5, 5.41) is 0. The first kappa shape index (κ1) is 16.9. The molecule has 1 aliphatic heterocycles. The zero-order valence-electron chi connectivity index (χ0n) is 11.4. The molecule has 1 aromatic carbocycles. The molecule has 0 radical (unpaired) electrons. The number of hydrogen-bond donors (Lipinski definition) is 1. The van der Waals surface area contributed by atoms with Crippen molar-refractivity contribution in [3.8, 4) is 0 Å². The fourth-order valence-electron chi connectivity index (χ4n) is 2.44. The van der Waals surface area contributed by atoms with Gasteiger partial charge in [-0.3, -0.25) is 4.79 Å². The van der Waals surface area contributed by atoms with Gasteiger partial charge in [0.1, 0.15) is 0 Å². The van der Waals surface area contributed by atoms with E-state index in [-0.39, 0.29) is 17.5 Å². The number of piperidine rings is 1. The van der Waals surface area contributed by atoms with Gasteiger partial charge in [0, 0.05) is 21.5 Å². The number of sulfonamides is 1. The zero-order chi connectivity index (χ0) is 15.8. The highest BCUT2D eigenvalue weighted by atomic mass is 79.9. The van der Waals surface area contributed by atoms with Gasteiger partial charge >= 0.3 is 0 Å². The molecule has 2 atom stereocenters. The van der Waals surface area contributed by atoms with Crippen molar-refractivity contribution in [2.45, 2.75) is 30.7 Å². The van der Waals surface area contributed by atoms with Gasteiger partial charge in [-0.15, -0.1) is 0 Å². The summed E-state index contributed by atoms with van der Waals surface area (Å²) in [6, 6.07) is 4.84. The minimum absolute atomic E-state index is 0.137. The van der Waals surface area contributed by atoms with Crippen LogP contribution in [0.25, 0.3) is 0 Å². The predicted octanol–water partition coefficient (Wildman–Crippen LogP) is 2.49. The first-order chi connectivity index (χ1) is 9.73. The third-order valence-corrected chi connectivity index (χ3v) is 7.17. The summed E-state index contributed by atoms with van der Waals surface area (Å²) in [6.45, 7) is 1.98. The largest absolute Gasteiger partial charge is 0.369 e. The van der Waals surface area contributed by atoms with E-state index in [1.54, 1.807) is 18.2 Å². The van der Waals surface area contributed by atoms with Crippen molar-refractivity contribution < 1.29 is 13.2 Å². The first-order valence-corrected chi connectivity index (χ1v) is 9.52. The van der Waals surface area contributed by atoms with Crippen LogP contribution in [0.3, 0.4) is 0 Å². The minimum Gasteiger partial charge on any atom is -0.369 e. The Balaban J connectivity index is 2.42. The Kier molecular flexibility index (Phi) is 5.12. The van der Waals surface area contributed by atoms with Crippen LogP contribution in [0.4, 0.5) is 0 Å². The van der Waals surface area contributed by atoms with Gasteiger partial charge in [0.2, 0.25) is 15.9 Å². The van der Waals surface area contributed by atoms with Gasteiger partial charge in [-0.25, -0.2) is 8.42 Å². The molecule has 1 aliphatic rings. The summed E-state index contributed by atoms with van der Waals surface area (Å²) in [5.74, 6) is -0.877. The molecule has 21 heavy (non-hydrogen) atoms. The van der Waals surface area contributed by atoms with Crippen molar-refractivity contribution in [1.29, 1.82) is 0 Å². The normalized spacial score (nSPS) is 24.0. The van der Waals surface area contributed by atoms with Crippen LogP contribution in [0.15, 0.2) is 32.0 Å². The number of amides is 1. The van der Waals surface area contributed by atoms with Crippen molar-refractivity contribution in [2.24, 2.45) is 11.7 Å². The Bertz CT molecular complexity index is 663. The molecule has 0 aromatic heterocycles. The molecule has 1 amide bonds. The quantitative estimate of drug-likeness (QED) is 0.785. The van der Waals surface area contributed by atoms with Gasteiger partial charge in [0.05, 0.1) is 10.8 Å². The lowest BCUT2D eigenvalue weighted by atomic mass is 9.95. The Morgan fingerprint density at radius 3 is 2.62 bits per heavy atom. The molecule has 116 valence electrons. The Morgan fingerprint density at radius 1 is 1.33 bits per heavy atom. The van der Waals surface area contributed by atoms with E-state index in [1.807, 2.05) is 6.92 Å². The number of primary amides is 1. The van der Waals surface area contributed by atoms with Crippen molar-refractivity contribution in [3.63, 3.8) is 0 Å². The van der Waals surface area contributed by atoms with E-state index < -0.39 is 21.8 Å². The average Bonchev–Trinajstić information content (AvgIpc) is 2.41. The number of halogens is 2. The van der Waals surface area contributed by atoms with Gasteiger partial charge in [0.25, 0.3) is 0 Å². The maximum absolute atomic E-state index is 12.9. The van der Waals surface area contributed by atoms with Crippen LogP contribution in [0.2, 0.25) is 0 Å². The summed E-state index contributed by atoms with van der Waals surface area (Å²) in [7, 11) is -3.68. The van der Waals surface area contributed by atoms with Crippen LogP contribution in [0, 0.1) is 5.92 Å². The van der Waals surface area contributed by atoms with E-state index >= 15 is 0 Å². The second-order valence-electron chi connectivity index (χ2n) is 5.18. The minimum atomic E-state index is -3.68. The number of nitrogens with two attached hydrogens (primary N) is 1. The predicted molar refractivity (Wildman–Crippen MR) is 87.1 cm³/mol. The van der Waals surface area contributed by atoms with Crippen molar-refractivity contribution >= 4 is 47.8 Å². The Labute approximate surface area is 141 Å². The molecule has 1 aromatic rings. The van der Waals surface area contributed by atoms with Gasteiger partial charge in [-0.1, -0.05) is 15.9 Å². The average molecular weight is 440 g/mol. The zero-order valence-corrected chi connectivity index (χ0v) is 15.4. The summed E-state index contributed by atoms with van der Waals surface area (Å²) >= 11 is 6.56. The third-order valence-electron chi connectivity index (χ3n) is 3.71. The molecule has 2 rings (SSSR count). The van der Waals surface area contributed by atoms with Crippen LogP contribution in [-0.2, 0) is 14.8 Å². The topological polar surface area (TPSA) is 80.5 Å². The Hall–Kier alpha value is -0.440. The number of rotatable bonds is 3. The highest BCUT2D eigenvalue weighted by Gasteiger charge is 2.37. The highest BCUT2D eigenvalue weighted by molar-refractivity contribution is 9.11. The number of carbonyl (C=O) groups excluding carboxylic acids is 1. The molecule has 0 saturated carbocycles. The first-order valence-electron chi connectivity index (χ1n) is 6.49. The van der Waals surface area contributed by atoms with Gasteiger partial charge < -0.3 is 5.73 Å². The second kappa shape index (κ2) is 6.36. The standard InChI is InChI=1S/C13H16Br2N2O3S/c1-8-2-3-9(13(16)18)7-17(8)21(19,20)12-6-10(14)4-5-11(12)15/h4-6,8-9H,2-3,7H2,1H3,(H2,16,18)/t8-,9-/m1/s1. The number of benzene rings is 1. The molecule has 2 N–H and O–H groups in total. The SMILES string of the molecule is C[C@@H]1CC[C@@H](C(N)=O)CN1S(=O)(=O)c1cc(Br)ccc1Br. The number of carbonyl (C=O) groups is 1. The maximum Gasteiger partial charge on any atom is 0.244 e. The lowest BCUT2D eigenvalue weighted by Gasteiger charge is -2.36. The lowest BCUT2D eigenvalue weighted by molar-refractivity contribution is -0.123. The van der Waals surface area contributed by atoms with E-state index in [0.29, 0.717) is 21.8 Å². The molecule has 5 nitrogen and oxygen atoms in total. The molecule has 1 heterocycles. The summed E-state index contributed by atoms with van der Waals surface area (Å²) in [6.07, 6.45) is 1.25. The highest BCUT2D eigenvalue weighted by Crippen LogP contribution is 2.32. The smallest absolute Gasteiger partial charge is 0.244 e. The summed E-state index contributed by atoms with van der Waals surface area (Å²) in [5.41, 5.74) is 5.33. The molecule has 1 fully saturated rings. The molecule has 0 unspecified atom stereocenters. The van der Waals surface area contributed by atoms with Crippen molar-refractivity contribution in [1.82, 2.24) is 4.31 Å². The molecular formula is C13H16Br2N2O3S. The molecule has 0 bridgehead atoms. The molecular weight excluding hydrogens is 424 g/mol. The van der Waals surface area contributed by atoms with Crippen LogP contribution < -0.4 is 5.73 Å². The second-order valence-corrected chi connectivity index (χ2v) is 8.80. The number of hydrogen-bond acceptors (Lipinski definition) is 3. The van der Waals surface area contributed by atoms with Crippen LogP contribution in [-0.4, -0.2) is 31.2 Å². The van der Waals surface area contributed by atoms with Crippen molar-refractivity contribution in [3.05, 3.63) is 27.1 Å². The molecule has 0 aliphatic carbocycles. The third kappa shape index (κ3) is 3.49. The van der Waals surface area contributed by atoms with E-state index in [9.17, 15) is 13.2 Å².